The molecule has 0 aromatic rings. The molecule has 24 heavy (non-hydrogen) atoms. The van der Waals surface area contributed by atoms with Gasteiger partial charge in [0.05, 0.1) is 0 Å². The molecule has 2 aliphatic rings. The summed E-state index contributed by atoms with van der Waals surface area (Å²) >= 11 is 0. The van der Waals surface area contributed by atoms with Crippen LogP contribution >= 0.6 is 0 Å². The van der Waals surface area contributed by atoms with Gasteiger partial charge in [0.2, 0.25) is 0 Å². The van der Waals surface area contributed by atoms with Crippen LogP contribution < -0.4 is 0 Å². The van der Waals surface area contributed by atoms with Gasteiger partial charge in [-0.1, -0.05) is 20.8 Å². The molecule has 2 heterocycles. The monoisotopic (exact) mass is 337 g/mol. The number of nitrogens with zero attached hydrogens (tertiary/aromatic N) is 3. The highest BCUT2D eigenvalue weighted by Gasteiger charge is 2.40. The van der Waals surface area contributed by atoms with Crippen LogP contribution in [0.5, 0.6) is 0 Å². The number of hydrogen-bond acceptors (Lipinski definition) is 3. The van der Waals surface area contributed by atoms with Gasteiger partial charge in [-0.05, 0) is 77.9 Å². The number of piperazine rings is 1. The van der Waals surface area contributed by atoms with E-state index in [-0.39, 0.29) is 0 Å². The topological polar surface area (TPSA) is 9.72 Å². The van der Waals surface area contributed by atoms with E-state index < -0.39 is 0 Å². The van der Waals surface area contributed by atoms with Crippen molar-refractivity contribution in [1.82, 2.24) is 14.7 Å². The Labute approximate surface area is 151 Å². The van der Waals surface area contributed by atoms with Gasteiger partial charge in [-0.3, -0.25) is 4.90 Å². The van der Waals surface area contributed by atoms with Crippen LogP contribution in [-0.4, -0.2) is 72.1 Å². The van der Waals surface area contributed by atoms with E-state index in [2.05, 4.69) is 63.2 Å². The fourth-order valence-electron chi connectivity index (χ4n) is 5.24. The number of likely N-dealkylation sites (N-methyl/N-ethyl adjacent to an activating group) is 1. The van der Waals surface area contributed by atoms with Crippen molar-refractivity contribution in [1.29, 1.82) is 0 Å². The van der Waals surface area contributed by atoms with Gasteiger partial charge in [0.15, 0.2) is 0 Å². The van der Waals surface area contributed by atoms with Crippen LogP contribution in [0.25, 0.3) is 0 Å². The molecule has 3 heteroatoms. The zero-order valence-corrected chi connectivity index (χ0v) is 17.6. The maximum atomic E-state index is 2.75. The van der Waals surface area contributed by atoms with E-state index in [1.807, 2.05) is 0 Å². The first-order valence-electron chi connectivity index (χ1n) is 10.4. The van der Waals surface area contributed by atoms with E-state index in [1.54, 1.807) is 0 Å². The summed E-state index contributed by atoms with van der Waals surface area (Å²) in [7, 11) is 0. The minimum absolute atomic E-state index is 0.318. The van der Waals surface area contributed by atoms with Gasteiger partial charge < -0.3 is 9.80 Å². The van der Waals surface area contributed by atoms with Crippen molar-refractivity contribution in [2.24, 2.45) is 11.3 Å². The van der Waals surface area contributed by atoms with Crippen molar-refractivity contribution in [2.75, 3.05) is 45.8 Å². The van der Waals surface area contributed by atoms with Crippen LogP contribution in [0.4, 0.5) is 0 Å². The minimum Gasteiger partial charge on any atom is -0.301 e. The lowest BCUT2D eigenvalue weighted by Crippen LogP contribution is -2.56. The first-order chi connectivity index (χ1) is 11.2. The van der Waals surface area contributed by atoms with E-state index >= 15 is 0 Å². The molecule has 0 aromatic carbocycles. The van der Waals surface area contributed by atoms with Crippen molar-refractivity contribution in [2.45, 2.75) is 79.3 Å². The van der Waals surface area contributed by atoms with E-state index in [0.29, 0.717) is 17.0 Å². The van der Waals surface area contributed by atoms with Crippen molar-refractivity contribution in [3.05, 3.63) is 0 Å². The van der Waals surface area contributed by atoms with Crippen LogP contribution in [0, 0.1) is 11.3 Å². The molecule has 0 bridgehead atoms. The standard InChI is InChI=1S/C21H43N3/c1-8-22-13-15-24(16-14-22)21(6,7)17-20(4,5)19-9-11-23(12-10-19)18(2)3/h18-19H,8-17H2,1-7H3. The third-order valence-corrected chi connectivity index (χ3v) is 6.93. The van der Waals surface area contributed by atoms with Crippen molar-refractivity contribution in [3.63, 3.8) is 0 Å². The Balaban J connectivity index is 1.90. The zero-order chi connectivity index (χ0) is 18.0. The van der Waals surface area contributed by atoms with E-state index in [0.717, 1.165) is 5.92 Å². The van der Waals surface area contributed by atoms with Gasteiger partial charge in [-0.2, -0.15) is 0 Å². The van der Waals surface area contributed by atoms with Crippen LogP contribution in [0.2, 0.25) is 0 Å². The molecule has 2 aliphatic heterocycles. The number of hydrogen-bond donors (Lipinski definition) is 0. The molecule has 0 N–H and O–H groups in total. The summed E-state index contributed by atoms with van der Waals surface area (Å²) in [5.41, 5.74) is 0.757. The quantitative estimate of drug-likeness (QED) is 0.727. The molecule has 0 radical (unpaired) electrons. The predicted octanol–water partition coefficient (Wildman–Crippen LogP) is 3.94. The molecule has 0 amide bonds. The molecule has 2 saturated heterocycles. The summed E-state index contributed by atoms with van der Waals surface area (Å²) in [6, 6.07) is 0.709. The summed E-state index contributed by atoms with van der Waals surface area (Å²) in [6.45, 7) is 25.8. The largest absolute Gasteiger partial charge is 0.301 e. The van der Waals surface area contributed by atoms with Crippen LogP contribution in [0.1, 0.15) is 67.7 Å². The lowest BCUT2D eigenvalue weighted by Gasteiger charge is -2.50. The van der Waals surface area contributed by atoms with Gasteiger partial charge in [-0.25, -0.2) is 0 Å². The van der Waals surface area contributed by atoms with Gasteiger partial charge in [0.1, 0.15) is 0 Å². The van der Waals surface area contributed by atoms with Crippen LogP contribution in [0.3, 0.4) is 0 Å². The Bertz CT molecular complexity index is 373. The molecule has 0 aromatic heterocycles. The van der Waals surface area contributed by atoms with Crippen molar-refractivity contribution >= 4 is 0 Å². The SMILES string of the molecule is CCN1CCN(C(C)(C)CC(C)(C)C2CCN(C(C)C)CC2)CC1. The number of rotatable bonds is 6. The molecule has 0 spiro atoms. The average molecular weight is 338 g/mol. The maximum Gasteiger partial charge on any atom is 0.0159 e. The molecule has 0 aliphatic carbocycles. The molecule has 142 valence electrons. The molecular weight excluding hydrogens is 294 g/mol. The Hall–Kier alpha value is -0.120. The average Bonchev–Trinajstić information content (AvgIpc) is 2.54. The molecule has 0 saturated carbocycles. The van der Waals surface area contributed by atoms with Gasteiger partial charge in [-0.15, -0.1) is 0 Å². The highest BCUT2D eigenvalue weighted by atomic mass is 15.3. The second-order valence-corrected chi connectivity index (χ2v) is 9.80. The number of likely N-dealkylation sites (tertiary alicyclic amines) is 1. The van der Waals surface area contributed by atoms with Crippen LogP contribution in [0.15, 0.2) is 0 Å². The van der Waals surface area contributed by atoms with Gasteiger partial charge in [0.25, 0.3) is 0 Å². The zero-order valence-electron chi connectivity index (χ0n) is 17.6. The Morgan fingerprint density at radius 3 is 1.88 bits per heavy atom. The highest BCUT2D eigenvalue weighted by Crippen LogP contribution is 2.42. The summed E-state index contributed by atoms with van der Waals surface area (Å²) in [6.07, 6.45) is 4.08. The smallest absolute Gasteiger partial charge is 0.0159 e. The summed E-state index contributed by atoms with van der Waals surface area (Å²) in [5, 5.41) is 0. The Kier molecular flexibility index (Phi) is 6.78. The fourth-order valence-corrected chi connectivity index (χ4v) is 5.24. The van der Waals surface area contributed by atoms with Crippen molar-refractivity contribution < 1.29 is 0 Å². The summed E-state index contributed by atoms with van der Waals surface area (Å²) < 4.78 is 0. The van der Waals surface area contributed by atoms with Gasteiger partial charge >= 0.3 is 0 Å². The highest BCUT2D eigenvalue weighted by molar-refractivity contribution is 4.94. The Morgan fingerprint density at radius 1 is 0.875 bits per heavy atom. The molecule has 3 nitrogen and oxygen atoms in total. The summed E-state index contributed by atoms with van der Waals surface area (Å²) in [4.78, 5) is 7.99. The maximum absolute atomic E-state index is 2.75. The molecule has 0 unspecified atom stereocenters. The molecular formula is C21H43N3. The third kappa shape index (κ3) is 4.95. The van der Waals surface area contributed by atoms with E-state index in [1.165, 1.54) is 65.1 Å². The third-order valence-electron chi connectivity index (χ3n) is 6.93. The second-order valence-electron chi connectivity index (χ2n) is 9.80. The first-order valence-corrected chi connectivity index (χ1v) is 10.4. The van der Waals surface area contributed by atoms with E-state index in [4.69, 9.17) is 0 Å². The molecule has 2 rings (SSSR count). The minimum atomic E-state index is 0.318. The Morgan fingerprint density at radius 2 is 1.42 bits per heavy atom. The lowest BCUT2D eigenvalue weighted by molar-refractivity contribution is -0.00129. The summed E-state index contributed by atoms with van der Waals surface area (Å²) in [5.74, 6) is 0.878. The molecule has 2 fully saturated rings. The van der Waals surface area contributed by atoms with Crippen LogP contribution in [-0.2, 0) is 0 Å². The van der Waals surface area contributed by atoms with E-state index in [9.17, 15) is 0 Å². The lowest BCUT2D eigenvalue weighted by atomic mass is 9.67. The fraction of sp³-hybridized carbons (Fsp3) is 1.00. The first kappa shape index (κ1) is 20.2. The van der Waals surface area contributed by atoms with Crippen molar-refractivity contribution in [3.8, 4) is 0 Å². The predicted molar refractivity (Wildman–Crippen MR) is 106 cm³/mol. The normalized spacial score (nSPS) is 24.0. The van der Waals surface area contributed by atoms with Gasteiger partial charge in [0, 0.05) is 37.8 Å². The second kappa shape index (κ2) is 8.05. The number of piperidine rings is 1. The molecule has 0 atom stereocenters.